The number of nitrogens with one attached hydrogen (secondary N) is 1. The lowest BCUT2D eigenvalue weighted by atomic mass is 10.0. The van der Waals surface area contributed by atoms with Gasteiger partial charge in [-0.1, -0.05) is 0 Å². The predicted octanol–water partition coefficient (Wildman–Crippen LogP) is 0.336. The third kappa shape index (κ3) is 1.97. The maximum atomic E-state index is 11.9. The third-order valence-corrected chi connectivity index (χ3v) is 5.96. The molecule has 3 unspecified atom stereocenters. The summed E-state index contributed by atoms with van der Waals surface area (Å²) in [6.07, 6.45) is 3.95. The zero-order chi connectivity index (χ0) is 11.3. The molecule has 1 saturated heterocycles. The van der Waals surface area contributed by atoms with Crippen molar-refractivity contribution in [3.05, 3.63) is 0 Å². The summed E-state index contributed by atoms with van der Waals surface area (Å²) < 4.78 is 22.5. The highest BCUT2D eigenvalue weighted by Gasteiger charge is 2.48. The minimum absolute atomic E-state index is 0.0919. The van der Waals surface area contributed by atoms with Gasteiger partial charge in [-0.2, -0.15) is 0 Å². The molecular formula is C11H17NO3S. The van der Waals surface area contributed by atoms with Gasteiger partial charge in [-0.3, -0.25) is 4.79 Å². The second-order valence-corrected chi connectivity index (χ2v) is 7.76. The summed E-state index contributed by atoms with van der Waals surface area (Å²) in [4.78, 5) is 11.9. The van der Waals surface area contributed by atoms with E-state index in [0.29, 0.717) is 6.42 Å². The molecule has 90 valence electrons. The number of carbonyl (C=O) groups is 1. The Morgan fingerprint density at radius 1 is 1.12 bits per heavy atom. The zero-order valence-corrected chi connectivity index (χ0v) is 10.0. The van der Waals surface area contributed by atoms with Crippen molar-refractivity contribution < 1.29 is 13.2 Å². The zero-order valence-electron chi connectivity index (χ0n) is 9.19. The van der Waals surface area contributed by atoms with Crippen molar-refractivity contribution in [3.8, 4) is 0 Å². The van der Waals surface area contributed by atoms with Crippen LogP contribution in [0.15, 0.2) is 0 Å². The Morgan fingerprint density at radius 3 is 2.38 bits per heavy atom. The Hall–Kier alpha value is -0.580. The molecule has 0 aromatic heterocycles. The van der Waals surface area contributed by atoms with E-state index in [9.17, 15) is 13.2 Å². The molecule has 0 bridgehead atoms. The van der Waals surface area contributed by atoms with Gasteiger partial charge in [0, 0.05) is 12.0 Å². The lowest BCUT2D eigenvalue weighted by molar-refractivity contribution is -0.125. The van der Waals surface area contributed by atoms with Crippen molar-refractivity contribution in [2.75, 3.05) is 11.5 Å². The van der Waals surface area contributed by atoms with Gasteiger partial charge < -0.3 is 5.32 Å². The molecule has 2 saturated carbocycles. The molecule has 5 heteroatoms. The number of hydrogen-bond acceptors (Lipinski definition) is 3. The fourth-order valence-electron chi connectivity index (χ4n) is 3.16. The van der Waals surface area contributed by atoms with Crippen LogP contribution in [0.4, 0.5) is 0 Å². The molecule has 0 radical (unpaired) electrons. The van der Waals surface area contributed by atoms with Gasteiger partial charge in [0.2, 0.25) is 5.91 Å². The number of carbonyl (C=O) groups excluding carboxylic acids is 1. The van der Waals surface area contributed by atoms with Gasteiger partial charge in [-0.25, -0.2) is 8.42 Å². The van der Waals surface area contributed by atoms with Crippen molar-refractivity contribution in [1.82, 2.24) is 5.32 Å². The largest absolute Gasteiger partial charge is 0.352 e. The topological polar surface area (TPSA) is 63.2 Å². The molecule has 1 N–H and O–H groups in total. The van der Waals surface area contributed by atoms with E-state index in [-0.39, 0.29) is 29.4 Å². The van der Waals surface area contributed by atoms with Crippen molar-refractivity contribution in [3.63, 3.8) is 0 Å². The molecule has 4 nitrogen and oxygen atoms in total. The molecule has 3 atom stereocenters. The molecule has 1 heterocycles. The normalized spacial score (nSPS) is 44.0. The van der Waals surface area contributed by atoms with Gasteiger partial charge in [-0.05, 0) is 37.5 Å². The van der Waals surface area contributed by atoms with Crippen molar-refractivity contribution in [1.29, 1.82) is 0 Å². The first-order valence-electron chi connectivity index (χ1n) is 6.04. The van der Waals surface area contributed by atoms with Gasteiger partial charge in [-0.15, -0.1) is 0 Å². The van der Waals surface area contributed by atoms with Crippen LogP contribution in [0.25, 0.3) is 0 Å². The minimum Gasteiger partial charge on any atom is -0.352 e. The minimum atomic E-state index is -2.88. The molecule has 0 aromatic carbocycles. The summed E-state index contributed by atoms with van der Waals surface area (Å²) in [5.41, 5.74) is 0. The molecule has 1 amide bonds. The standard InChI is InChI=1S/C11H17NO3S/c13-11(9-4-7-3-8(7)5-9)12-10-1-2-16(14,15)6-10/h7-10H,1-6H2,(H,12,13). The molecule has 16 heavy (non-hydrogen) atoms. The van der Waals surface area contributed by atoms with Crippen LogP contribution in [0.1, 0.15) is 25.7 Å². The highest BCUT2D eigenvalue weighted by Crippen LogP contribution is 2.54. The Kier molecular flexibility index (Phi) is 2.28. The van der Waals surface area contributed by atoms with Crippen molar-refractivity contribution in [2.24, 2.45) is 17.8 Å². The van der Waals surface area contributed by atoms with Crippen LogP contribution in [0, 0.1) is 17.8 Å². The molecule has 0 aromatic rings. The van der Waals surface area contributed by atoms with E-state index in [0.717, 1.165) is 24.7 Å². The van der Waals surface area contributed by atoms with Gasteiger partial charge in [0.1, 0.15) is 0 Å². The highest BCUT2D eigenvalue weighted by atomic mass is 32.2. The van der Waals surface area contributed by atoms with Gasteiger partial charge >= 0.3 is 0 Å². The summed E-state index contributed by atoms with van der Waals surface area (Å²) >= 11 is 0. The molecule has 3 rings (SSSR count). The second kappa shape index (κ2) is 3.45. The molecule has 0 spiro atoms. The maximum absolute atomic E-state index is 11.9. The quantitative estimate of drug-likeness (QED) is 0.760. The summed E-state index contributed by atoms with van der Waals surface area (Å²) in [6.45, 7) is 0. The van der Waals surface area contributed by atoms with Crippen LogP contribution in [-0.4, -0.2) is 31.9 Å². The Bertz CT molecular complexity index is 407. The molecule has 3 aliphatic rings. The fourth-order valence-corrected chi connectivity index (χ4v) is 4.83. The van der Waals surface area contributed by atoms with E-state index in [2.05, 4.69) is 5.32 Å². The third-order valence-electron chi connectivity index (χ3n) is 4.19. The van der Waals surface area contributed by atoms with Crippen molar-refractivity contribution >= 4 is 15.7 Å². The predicted molar refractivity (Wildman–Crippen MR) is 59.5 cm³/mol. The fraction of sp³-hybridized carbons (Fsp3) is 0.909. The SMILES string of the molecule is O=C(NC1CCS(=O)(=O)C1)C1CC2CC2C1. The monoisotopic (exact) mass is 243 g/mol. The first kappa shape index (κ1) is 10.6. The van der Waals surface area contributed by atoms with Crippen LogP contribution >= 0.6 is 0 Å². The number of fused-ring (bicyclic) bond motifs is 1. The van der Waals surface area contributed by atoms with E-state index < -0.39 is 9.84 Å². The van der Waals surface area contributed by atoms with E-state index in [1.54, 1.807) is 0 Å². The lowest BCUT2D eigenvalue weighted by Crippen LogP contribution is -2.39. The van der Waals surface area contributed by atoms with E-state index in [4.69, 9.17) is 0 Å². The van der Waals surface area contributed by atoms with E-state index in [1.807, 2.05) is 0 Å². The summed E-state index contributed by atoms with van der Waals surface area (Å²) in [6, 6.07) is -0.130. The first-order valence-corrected chi connectivity index (χ1v) is 7.86. The second-order valence-electron chi connectivity index (χ2n) is 5.53. The lowest BCUT2D eigenvalue weighted by Gasteiger charge is -2.16. The smallest absolute Gasteiger partial charge is 0.223 e. The summed E-state index contributed by atoms with van der Waals surface area (Å²) in [5, 5.41) is 2.90. The first-order chi connectivity index (χ1) is 7.53. The molecular weight excluding hydrogens is 226 g/mol. The maximum Gasteiger partial charge on any atom is 0.223 e. The van der Waals surface area contributed by atoms with Crippen LogP contribution < -0.4 is 5.32 Å². The Balaban J connectivity index is 1.53. The van der Waals surface area contributed by atoms with E-state index >= 15 is 0 Å². The Morgan fingerprint density at radius 2 is 1.81 bits per heavy atom. The van der Waals surface area contributed by atoms with Crippen molar-refractivity contribution in [2.45, 2.75) is 31.7 Å². The van der Waals surface area contributed by atoms with Crippen LogP contribution in [0.3, 0.4) is 0 Å². The van der Waals surface area contributed by atoms with Gasteiger partial charge in [0.25, 0.3) is 0 Å². The average molecular weight is 243 g/mol. The average Bonchev–Trinajstić information content (AvgIpc) is 2.65. The number of rotatable bonds is 2. The van der Waals surface area contributed by atoms with E-state index in [1.165, 1.54) is 6.42 Å². The molecule has 1 aliphatic heterocycles. The molecule has 3 fully saturated rings. The van der Waals surface area contributed by atoms with Gasteiger partial charge in [0.15, 0.2) is 9.84 Å². The summed E-state index contributed by atoms with van der Waals surface area (Å²) in [5.74, 6) is 2.21. The Labute approximate surface area is 95.7 Å². The van der Waals surface area contributed by atoms with Crippen LogP contribution in [0.5, 0.6) is 0 Å². The number of sulfone groups is 1. The number of hydrogen-bond donors (Lipinski definition) is 1. The number of amides is 1. The summed E-state index contributed by atoms with van der Waals surface area (Å²) in [7, 11) is -2.88. The highest BCUT2D eigenvalue weighted by molar-refractivity contribution is 7.91. The van der Waals surface area contributed by atoms with Crippen LogP contribution in [0.2, 0.25) is 0 Å². The van der Waals surface area contributed by atoms with Gasteiger partial charge in [0.05, 0.1) is 11.5 Å². The van der Waals surface area contributed by atoms with Crippen LogP contribution in [-0.2, 0) is 14.6 Å². The molecule has 2 aliphatic carbocycles.